The molecule has 2 aromatic heterocycles. The van der Waals surface area contributed by atoms with Crippen LogP contribution in [0.1, 0.15) is 49.2 Å². The van der Waals surface area contributed by atoms with Gasteiger partial charge in [-0.2, -0.15) is 0 Å². The van der Waals surface area contributed by atoms with Gasteiger partial charge in [0.25, 0.3) is 8.32 Å². The van der Waals surface area contributed by atoms with E-state index < -0.39 is 8.32 Å². The van der Waals surface area contributed by atoms with Crippen molar-refractivity contribution in [2.24, 2.45) is 0 Å². The van der Waals surface area contributed by atoms with Gasteiger partial charge in [0.15, 0.2) is 0 Å². The summed E-state index contributed by atoms with van der Waals surface area (Å²) in [5.74, 6) is -0.311. The smallest absolute Gasteiger partial charge is 0.338 e. The third-order valence-electron chi connectivity index (χ3n) is 8.26. The van der Waals surface area contributed by atoms with Crippen LogP contribution in [0.4, 0.5) is 0 Å². The van der Waals surface area contributed by atoms with Gasteiger partial charge in [-0.25, -0.2) is 4.79 Å². The number of carbonyl (C=O) groups is 1. The van der Waals surface area contributed by atoms with Crippen molar-refractivity contribution in [1.29, 1.82) is 0 Å². The molecule has 43 heavy (non-hydrogen) atoms. The van der Waals surface area contributed by atoms with Gasteiger partial charge in [0.1, 0.15) is 0 Å². The number of esters is 1. The van der Waals surface area contributed by atoms with Gasteiger partial charge < -0.3 is 14.1 Å². The number of hydrogen-bond donors (Lipinski definition) is 1. The SMILES string of the molecule is CCOC(=O)c1cc(CO[Si](c2ccccc2)(c2ccccc2)C(C)(C)C)c2c(C)c(-c3cc4ccccc4[nH]3)sc2c1. The highest BCUT2D eigenvalue weighted by atomic mass is 32.1. The van der Waals surface area contributed by atoms with Crippen molar-refractivity contribution in [2.75, 3.05) is 6.61 Å². The number of ether oxygens (including phenoxy) is 1. The first-order valence-corrected chi connectivity index (χ1v) is 17.5. The zero-order valence-corrected chi connectivity index (χ0v) is 27.2. The number of aromatic amines is 1. The fourth-order valence-electron chi connectivity index (χ4n) is 6.33. The summed E-state index contributed by atoms with van der Waals surface area (Å²) in [5.41, 5.74) is 4.93. The average Bonchev–Trinajstić information content (AvgIpc) is 3.59. The van der Waals surface area contributed by atoms with Crippen molar-refractivity contribution in [2.45, 2.75) is 46.3 Å². The van der Waals surface area contributed by atoms with E-state index in [1.54, 1.807) is 11.3 Å². The molecule has 0 bridgehead atoms. The van der Waals surface area contributed by atoms with Crippen molar-refractivity contribution in [3.8, 4) is 10.6 Å². The molecule has 0 fully saturated rings. The van der Waals surface area contributed by atoms with E-state index in [0.717, 1.165) is 26.9 Å². The number of H-pyrrole nitrogens is 1. The maximum atomic E-state index is 13.1. The molecule has 0 amide bonds. The number of nitrogens with one attached hydrogen (secondary N) is 1. The van der Waals surface area contributed by atoms with Gasteiger partial charge in [-0.1, -0.05) is 99.6 Å². The minimum atomic E-state index is -2.79. The molecule has 0 saturated carbocycles. The largest absolute Gasteiger partial charge is 0.462 e. The molecule has 6 heteroatoms. The lowest BCUT2D eigenvalue weighted by molar-refractivity contribution is 0.0526. The summed E-state index contributed by atoms with van der Waals surface area (Å²) in [6, 6.07) is 35.8. The van der Waals surface area contributed by atoms with Crippen molar-refractivity contribution in [1.82, 2.24) is 4.98 Å². The third-order valence-corrected chi connectivity index (χ3v) is 14.5. The Hall–Kier alpha value is -3.97. The highest BCUT2D eigenvalue weighted by Crippen LogP contribution is 2.43. The highest BCUT2D eigenvalue weighted by molar-refractivity contribution is 7.22. The molecule has 0 spiro atoms. The molecule has 218 valence electrons. The van der Waals surface area contributed by atoms with Crippen LogP contribution in [-0.4, -0.2) is 25.9 Å². The number of aryl methyl sites for hydroxylation is 1. The third kappa shape index (κ3) is 5.24. The van der Waals surface area contributed by atoms with E-state index in [0.29, 0.717) is 18.8 Å². The first kappa shape index (κ1) is 29.1. The monoisotopic (exact) mass is 603 g/mol. The van der Waals surface area contributed by atoms with E-state index in [9.17, 15) is 4.79 Å². The quantitative estimate of drug-likeness (QED) is 0.140. The highest BCUT2D eigenvalue weighted by Gasteiger charge is 2.50. The Morgan fingerprint density at radius 1 is 0.860 bits per heavy atom. The molecule has 0 unspecified atom stereocenters. The molecule has 4 nitrogen and oxygen atoms in total. The Morgan fingerprint density at radius 3 is 2.09 bits per heavy atom. The second-order valence-corrected chi connectivity index (χ2v) is 17.4. The number of carbonyl (C=O) groups excluding carboxylic acids is 1. The van der Waals surface area contributed by atoms with Crippen molar-refractivity contribution in [3.05, 3.63) is 120 Å². The van der Waals surface area contributed by atoms with E-state index in [2.05, 4.69) is 118 Å². The van der Waals surface area contributed by atoms with Crippen LogP contribution >= 0.6 is 11.3 Å². The Labute approximate surface area is 258 Å². The summed E-state index contributed by atoms with van der Waals surface area (Å²) in [5, 5.41) is 4.62. The number of para-hydroxylation sites is 1. The first-order valence-electron chi connectivity index (χ1n) is 14.8. The van der Waals surface area contributed by atoms with E-state index in [4.69, 9.17) is 9.16 Å². The molecule has 0 aliphatic heterocycles. The molecular formula is C37H37NO3SSi. The zero-order chi connectivity index (χ0) is 30.2. The van der Waals surface area contributed by atoms with E-state index >= 15 is 0 Å². The van der Waals surface area contributed by atoms with Crippen LogP contribution < -0.4 is 10.4 Å². The predicted molar refractivity (Wildman–Crippen MR) is 182 cm³/mol. The molecule has 0 aliphatic carbocycles. The van der Waals surface area contributed by atoms with Crippen molar-refractivity contribution >= 4 is 57.0 Å². The van der Waals surface area contributed by atoms with E-state index in [1.807, 2.05) is 25.1 Å². The fraction of sp³-hybridized carbons (Fsp3) is 0.216. The van der Waals surface area contributed by atoms with Crippen LogP contribution in [-0.2, 0) is 15.8 Å². The van der Waals surface area contributed by atoms with Crippen molar-refractivity contribution < 1.29 is 14.0 Å². The number of thiophene rings is 1. The first-order chi connectivity index (χ1) is 20.7. The zero-order valence-electron chi connectivity index (χ0n) is 25.4. The van der Waals surface area contributed by atoms with Gasteiger partial charge in [-0.15, -0.1) is 11.3 Å². The summed E-state index contributed by atoms with van der Waals surface area (Å²) in [6.07, 6.45) is 0. The van der Waals surface area contributed by atoms with Crippen molar-refractivity contribution in [3.63, 3.8) is 0 Å². The molecule has 1 N–H and O–H groups in total. The van der Waals surface area contributed by atoms with E-state index in [1.165, 1.54) is 26.2 Å². The lowest BCUT2D eigenvalue weighted by Crippen LogP contribution is -2.66. The summed E-state index contributed by atoms with van der Waals surface area (Å²) >= 11 is 1.70. The summed E-state index contributed by atoms with van der Waals surface area (Å²) < 4.78 is 13.9. The molecule has 4 aromatic carbocycles. The summed E-state index contributed by atoms with van der Waals surface area (Å²) in [7, 11) is -2.79. The predicted octanol–water partition coefficient (Wildman–Crippen LogP) is 8.61. The summed E-state index contributed by atoms with van der Waals surface area (Å²) in [4.78, 5) is 17.8. The molecule has 6 rings (SSSR count). The Bertz CT molecular complexity index is 1830. The molecule has 0 aliphatic rings. The number of fused-ring (bicyclic) bond motifs is 2. The number of hydrogen-bond acceptors (Lipinski definition) is 4. The number of aromatic nitrogens is 1. The maximum absolute atomic E-state index is 13.1. The van der Waals surface area contributed by atoms with Crippen LogP contribution in [0.5, 0.6) is 0 Å². The molecule has 0 saturated heterocycles. The van der Waals surface area contributed by atoms with Crippen LogP contribution in [0.3, 0.4) is 0 Å². The van der Waals surface area contributed by atoms with Gasteiger partial charge >= 0.3 is 5.97 Å². The standard InChI is InChI=1S/C37H37NO3SSi/c1-6-40-36(39)27-21-28(34-25(2)35(42-33(34)23-27)32-22-26-15-13-14-20-31(26)38-32)24-41-43(37(3,4)5,29-16-9-7-10-17-29)30-18-11-8-12-19-30/h7-23,38H,6,24H2,1-5H3. The minimum absolute atomic E-state index is 0.160. The van der Waals surface area contributed by atoms with Crippen LogP contribution in [0.2, 0.25) is 5.04 Å². The lowest BCUT2D eigenvalue weighted by atomic mass is 10.0. The molecule has 2 heterocycles. The second-order valence-electron chi connectivity index (χ2n) is 12.0. The topological polar surface area (TPSA) is 51.3 Å². The number of rotatable bonds is 8. The fourth-order valence-corrected chi connectivity index (χ4v) is 12.1. The summed E-state index contributed by atoms with van der Waals surface area (Å²) in [6.45, 7) is 11.6. The van der Waals surface area contributed by atoms with Gasteiger partial charge in [0.2, 0.25) is 0 Å². The number of benzene rings is 4. The van der Waals surface area contributed by atoms with Crippen LogP contribution in [0, 0.1) is 6.92 Å². The molecule has 0 radical (unpaired) electrons. The van der Waals surface area contributed by atoms with Gasteiger partial charge in [0, 0.05) is 21.0 Å². The Kier molecular flexibility index (Phi) is 7.86. The minimum Gasteiger partial charge on any atom is -0.462 e. The molecule has 6 aromatic rings. The Balaban J connectivity index is 1.52. The Morgan fingerprint density at radius 2 is 1.49 bits per heavy atom. The van der Waals surface area contributed by atoms with Crippen LogP contribution in [0.25, 0.3) is 31.6 Å². The molecular weight excluding hydrogens is 567 g/mol. The molecule has 0 atom stereocenters. The average molecular weight is 604 g/mol. The lowest BCUT2D eigenvalue weighted by Gasteiger charge is -2.43. The normalized spacial score (nSPS) is 12.2. The van der Waals surface area contributed by atoms with Gasteiger partial charge in [0.05, 0.1) is 29.3 Å². The second kappa shape index (κ2) is 11.6. The maximum Gasteiger partial charge on any atom is 0.338 e. The van der Waals surface area contributed by atoms with Gasteiger partial charge in [-0.3, -0.25) is 0 Å². The van der Waals surface area contributed by atoms with E-state index in [-0.39, 0.29) is 11.0 Å². The van der Waals surface area contributed by atoms with Crippen LogP contribution in [0.15, 0.2) is 103 Å². The van der Waals surface area contributed by atoms with Gasteiger partial charge in [-0.05, 0) is 64.7 Å².